The first-order valence-electron chi connectivity index (χ1n) is 6.92. The molecule has 0 aliphatic rings. The van der Waals surface area contributed by atoms with E-state index in [1.165, 1.54) is 0 Å². The molecule has 0 aromatic heterocycles. The average molecular weight is 347 g/mol. The Hall–Kier alpha value is -1.65. The van der Waals surface area contributed by atoms with Crippen molar-refractivity contribution < 1.29 is 4.79 Å². The van der Waals surface area contributed by atoms with Crippen LogP contribution in [-0.2, 0) is 17.8 Å². The number of nitrogens with two attached hydrogens (primary N) is 1. The van der Waals surface area contributed by atoms with Crippen LogP contribution in [0.5, 0.6) is 0 Å². The number of rotatable bonds is 5. The highest BCUT2D eigenvalue weighted by molar-refractivity contribution is 9.10. The maximum absolute atomic E-state index is 12.2. The van der Waals surface area contributed by atoms with Crippen LogP contribution in [0.4, 0.5) is 0 Å². The minimum Gasteiger partial charge on any atom is -0.349 e. The number of carbonyl (C=O) groups is 1. The standard InChI is InChI=1S/C17H19BrN2O/c1-12(13-6-8-16(18)9-7-13)20-17(21)10-14-4-2-3-5-15(14)11-19/h2-9,12H,10-11,19H2,1H3,(H,20,21)/t12-/m1/s1. The Morgan fingerprint density at radius 2 is 1.76 bits per heavy atom. The fourth-order valence-corrected chi connectivity index (χ4v) is 2.49. The van der Waals surface area contributed by atoms with E-state index in [0.29, 0.717) is 13.0 Å². The van der Waals surface area contributed by atoms with E-state index in [9.17, 15) is 4.79 Å². The number of nitrogens with one attached hydrogen (secondary N) is 1. The molecule has 1 atom stereocenters. The molecule has 0 aliphatic heterocycles. The Balaban J connectivity index is 1.99. The van der Waals surface area contributed by atoms with Crippen molar-refractivity contribution in [3.05, 3.63) is 69.7 Å². The minimum atomic E-state index is -0.0179. The summed E-state index contributed by atoms with van der Waals surface area (Å²) in [5.74, 6) is 0.00585. The van der Waals surface area contributed by atoms with E-state index in [-0.39, 0.29) is 11.9 Å². The summed E-state index contributed by atoms with van der Waals surface area (Å²) in [6.07, 6.45) is 0.355. The van der Waals surface area contributed by atoms with Gasteiger partial charge in [-0.3, -0.25) is 4.79 Å². The van der Waals surface area contributed by atoms with Crippen molar-refractivity contribution in [2.75, 3.05) is 0 Å². The number of benzene rings is 2. The zero-order valence-electron chi connectivity index (χ0n) is 12.0. The topological polar surface area (TPSA) is 55.1 Å². The number of carbonyl (C=O) groups excluding carboxylic acids is 1. The van der Waals surface area contributed by atoms with E-state index in [2.05, 4.69) is 21.2 Å². The number of halogens is 1. The lowest BCUT2D eigenvalue weighted by Gasteiger charge is -2.15. The fraction of sp³-hybridized carbons (Fsp3) is 0.235. The molecule has 0 heterocycles. The second kappa shape index (κ2) is 7.38. The lowest BCUT2D eigenvalue weighted by molar-refractivity contribution is -0.121. The molecule has 1 amide bonds. The second-order valence-corrected chi connectivity index (χ2v) is 5.91. The van der Waals surface area contributed by atoms with Gasteiger partial charge in [0.1, 0.15) is 0 Å². The maximum atomic E-state index is 12.2. The summed E-state index contributed by atoms with van der Waals surface area (Å²) in [5, 5.41) is 3.02. The third-order valence-electron chi connectivity index (χ3n) is 3.44. The molecule has 2 rings (SSSR count). The third kappa shape index (κ3) is 4.41. The Morgan fingerprint density at radius 3 is 2.38 bits per heavy atom. The minimum absolute atomic E-state index is 0.00585. The molecular weight excluding hydrogens is 328 g/mol. The summed E-state index contributed by atoms with van der Waals surface area (Å²) in [4.78, 5) is 12.2. The quantitative estimate of drug-likeness (QED) is 0.872. The summed E-state index contributed by atoms with van der Waals surface area (Å²) in [7, 11) is 0. The first-order chi connectivity index (χ1) is 10.1. The van der Waals surface area contributed by atoms with Crippen LogP contribution in [0.2, 0.25) is 0 Å². The van der Waals surface area contributed by atoms with Crippen LogP contribution < -0.4 is 11.1 Å². The molecule has 4 heteroatoms. The van der Waals surface area contributed by atoms with Gasteiger partial charge in [0.15, 0.2) is 0 Å². The molecule has 2 aromatic carbocycles. The van der Waals surface area contributed by atoms with Gasteiger partial charge in [-0.25, -0.2) is 0 Å². The second-order valence-electron chi connectivity index (χ2n) is 4.99. The zero-order chi connectivity index (χ0) is 15.2. The Kier molecular flexibility index (Phi) is 5.53. The summed E-state index contributed by atoms with van der Waals surface area (Å²) < 4.78 is 1.03. The molecule has 0 bridgehead atoms. The van der Waals surface area contributed by atoms with Crippen LogP contribution in [0.3, 0.4) is 0 Å². The molecule has 0 radical (unpaired) electrons. The predicted octanol–water partition coefficient (Wildman–Crippen LogP) is 3.33. The Morgan fingerprint density at radius 1 is 1.14 bits per heavy atom. The molecule has 0 aliphatic carbocycles. The lowest BCUT2D eigenvalue weighted by atomic mass is 10.0. The molecule has 21 heavy (non-hydrogen) atoms. The lowest BCUT2D eigenvalue weighted by Crippen LogP contribution is -2.28. The van der Waals surface area contributed by atoms with Gasteiger partial charge in [-0.1, -0.05) is 52.3 Å². The first-order valence-corrected chi connectivity index (χ1v) is 7.71. The SMILES string of the molecule is C[C@@H](NC(=O)Cc1ccccc1CN)c1ccc(Br)cc1. The van der Waals surface area contributed by atoms with Gasteiger partial charge in [-0.2, -0.15) is 0 Å². The van der Waals surface area contributed by atoms with Crippen molar-refractivity contribution in [3.63, 3.8) is 0 Å². The number of hydrogen-bond donors (Lipinski definition) is 2. The monoisotopic (exact) mass is 346 g/mol. The Labute approximate surface area is 133 Å². The number of hydrogen-bond acceptors (Lipinski definition) is 2. The molecule has 0 saturated carbocycles. The molecule has 3 nitrogen and oxygen atoms in total. The van der Waals surface area contributed by atoms with E-state index < -0.39 is 0 Å². The van der Waals surface area contributed by atoms with Crippen molar-refractivity contribution in [1.29, 1.82) is 0 Å². The molecule has 110 valence electrons. The molecule has 2 aromatic rings. The fourth-order valence-electron chi connectivity index (χ4n) is 2.23. The predicted molar refractivity (Wildman–Crippen MR) is 88.7 cm³/mol. The van der Waals surface area contributed by atoms with Gasteiger partial charge >= 0.3 is 0 Å². The van der Waals surface area contributed by atoms with Gasteiger partial charge < -0.3 is 11.1 Å². The van der Waals surface area contributed by atoms with Crippen LogP contribution in [0.25, 0.3) is 0 Å². The van der Waals surface area contributed by atoms with Crippen molar-refractivity contribution in [2.24, 2.45) is 5.73 Å². The van der Waals surface area contributed by atoms with Gasteiger partial charge in [-0.15, -0.1) is 0 Å². The van der Waals surface area contributed by atoms with E-state index in [0.717, 1.165) is 21.2 Å². The summed E-state index contributed by atoms with van der Waals surface area (Å²) >= 11 is 3.41. The van der Waals surface area contributed by atoms with Gasteiger partial charge in [0, 0.05) is 11.0 Å². The third-order valence-corrected chi connectivity index (χ3v) is 3.97. The Bertz CT molecular complexity index is 610. The molecule has 0 unspecified atom stereocenters. The van der Waals surface area contributed by atoms with Gasteiger partial charge in [-0.05, 0) is 35.7 Å². The van der Waals surface area contributed by atoms with Crippen molar-refractivity contribution in [1.82, 2.24) is 5.32 Å². The van der Waals surface area contributed by atoms with Gasteiger partial charge in [0.25, 0.3) is 0 Å². The normalized spacial score (nSPS) is 12.0. The summed E-state index contributed by atoms with van der Waals surface area (Å²) in [6.45, 7) is 2.43. The summed E-state index contributed by atoms with van der Waals surface area (Å²) in [5.41, 5.74) is 8.78. The first kappa shape index (κ1) is 15.7. The van der Waals surface area contributed by atoms with E-state index >= 15 is 0 Å². The highest BCUT2D eigenvalue weighted by Crippen LogP contribution is 2.17. The van der Waals surface area contributed by atoms with Gasteiger partial charge in [0.05, 0.1) is 12.5 Å². The average Bonchev–Trinajstić information content (AvgIpc) is 2.48. The van der Waals surface area contributed by atoms with Gasteiger partial charge in [0.2, 0.25) is 5.91 Å². The molecule has 3 N–H and O–H groups in total. The molecule has 0 spiro atoms. The molecule has 0 fully saturated rings. The molecule has 0 saturated heterocycles. The summed E-state index contributed by atoms with van der Waals surface area (Å²) in [6, 6.07) is 15.7. The van der Waals surface area contributed by atoms with Crippen molar-refractivity contribution in [3.8, 4) is 0 Å². The largest absolute Gasteiger partial charge is 0.349 e. The van der Waals surface area contributed by atoms with Crippen molar-refractivity contribution in [2.45, 2.75) is 25.9 Å². The van der Waals surface area contributed by atoms with Crippen molar-refractivity contribution >= 4 is 21.8 Å². The van der Waals surface area contributed by atoms with E-state index in [4.69, 9.17) is 5.73 Å². The van der Waals surface area contributed by atoms with E-state index in [1.54, 1.807) is 0 Å². The van der Waals surface area contributed by atoms with Crippen LogP contribution in [0, 0.1) is 0 Å². The van der Waals surface area contributed by atoms with E-state index in [1.807, 2.05) is 55.5 Å². The van der Waals surface area contributed by atoms with Crippen LogP contribution >= 0.6 is 15.9 Å². The smallest absolute Gasteiger partial charge is 0.224 e. The zero-order valence-corrected chi connectivity index (χ0v) is 13.6. The van der Waals surface area contributed by atoms with Crippen LogP contribution in [-0.4, -0.2) is 5.91 Å². The van der Waals surface area contributed by atoms with Crippen LogP contribution in [0.1, 0.15) is 29.7 Å². The highest BCUT2D eigenvalue weighted by Gasteiger charge is 2.11. The highest BCUT2D eigenvalue weighted by atomic mass is 79.9. The maximum Gasteiger partial charge on any atom is 0.224 e. The number of amides is 1. The molecular formula is C17H19BrN2O. The van der Waals surface area contributed by atoms with Crippen LogP contribution in [0.15, 0.2) is 53.0 Å².